The highest BCUT2D eigenvalue weighted by atomic mass is 35.5. The third kappa shape index (κ3) is 3.87. The van der Waals surface area contributed by atoms with Crippen molar-refractivity contribution < 1.29 is 0 Å². The van der Waals surface area contributed by atoms with Crippen molar-refractivity contribution in [1.29, 1.82) is 0 Å². The first-order chi connectivity index (χ1) is 7.69. The van der Waals surface area contributed by atoms with E-state index in [1.54, 1.807) is 0 Å². The maximum Gasteiger partial charge on any atom is 0.128 e. The Bertz CT molecular complexity index is 320. The molecule has 0 fully saturated rings. The molecule has 16 heavy (non-hydrogen) atoms. The summed E-state index contributed by atoms with van der Waals surface area (Å²) in [5.41, 5.74) is 1.12. The average molecular weight is 259 g/mol. The van der Waals surface area contributed by atoms with Crippen LogP contribution in [-0.4, -0.2) is 30.1 Å². The minimum Gasteiger partial charge on any atom is -0.357 e. The number of pyridine rings is 1. The fourth-order valence-electron chi connectivity index (χ4n) is 1.44. The van der Waals surface area contributed by atoms with E-state index in [1.807, 2.05) is 24.0 Å². The molecule has 1 aromatic heterocycles. The van der Waals surface area contributed by atoms with Crippen LogP contribution in [0.2, 0.25) is 0 Å². The molecule has 1 unspecified atom stereocenters. The fraction of sp³-hybridized carbons (Fsp3) is 0.583. The molecule has 90 valence electrons. The highest BCUT2D eigenvalue weighted by Crippen LogP contribution is 2.17. The maximum atomic E-state index is 5.82. The van der Waals surface area contributed by atoms with Crippen molar-refractivity contribution in [3.63, 3.8) is 0 Å². The molecule has 0 aromatic carbocycles. The molecule has 0 N–H and O–H groups in total. The van der Waals surface area contributed by atoms with Crippen molar-refractivity contribution in [2.24, 2.45) is 0 Å². The van der Waals surface area contributed by atoms with Crippen molar-refractivity contribution >= 4 is 29.2 Å². The fourth-order valence-corrected chi connectivity index (χ4v) is 2.19. The number of hydrogen-bond donors (Lipinski definition) is 0. The molecular formula is C12H19ClN2S. The first-order valence-corrected chi connectivity index (χ1v) is 7.34. The van der Waals surface area contributed by atoms with Gasteiger partial charge in [-0.2, -0.15) is 11.8 Å². The largest absolute Gasteiger partial charge is 0.357 e. The summed E-state index contributed by atoms with van der Waals surface area (Å²) in [7, 11) is 2.09. The highest BCUT2D eigenvalue weighted by Gasteiger charge is 2.10. The van der Waals surface area contributed by atoms with Crippen LogP contribution in [0.3, 0.4) is 0 Å². The standard InChI is InChI=1S/C12H19ClN2S/c1-10(5-7-16-3)15(2)12-8-11(9-13)4-6-14-12/h4,6,8,10H,5,7,9H2,1-3H3. The molecule has 0 amide bonds. The Morgan fingerprint density at radius 1 is 1.56 bits per heavy atom. The average Bonchev–Trinajstić information content (AvgIpc) is 2.35. The van der Waals surface area contributed by atoms with Crippen molar-refractivity contribution in [1.82, 2.24) is 4.98 Å². The lowest BCUT2D eigenvalue weighted by atomic mass is 10.2. The van der Waals surface area contributed by atoms with Crippen LogP contribution < -0.4 is 4.90 Å². The molecule has 1 rings (SSSR count). The monoisotopic (exact) mass is 258 g/mol. The molecular weight excluding hydrogens is 240 g/mol. The number of aromatic nitrogens is 1. The quantitative estimate of drug-likeness (QED) is 0.728. The van der Waals surface area contributed by atoms with Crippen molar-refractivity contribution in [3.8, 4) is 0 Å². The van der Waals surface area contributed by atoms with E-state index < -0.39 is 0 Å². The molecule has 0 spiro atoms. The van der Waals surface area contributed by atoms with Gasteiger partial charge in [0.05, 0.1) is 0 Å². The van der Waals surface area contributed by atoms with E-state index in [0.717, 1.165) is 11.4 Å². The summed E-state index contributed by atoms with van der Waals surface area (Å²) in [6.07, 6.45) is 5.13. The summed E-state index contributed by atoms with van der Waals surface area (Å²) in [6, 6.07) is 4.52. The number of thioether (sulfide) groups is 1. The molecule has 0 aliphatic rings. The van der Waals surface area contributed by atoms with Crippen LogP contribution in [0.25, 0.3) is 0 Å². The van der Waals surface area contributed by atoms with Gasteiger partial charge in [-0.3, -0.25) is 0 Å². The van der Waals surface area contributed by atoms with E-state index in [2.05, 4.69) is 36.2 Å². The Morgan fingerprint density at radius 3 is 2.94 bits per heavy atom. The second kappa shape index (κ2) is 7.02. The number of anilines is 1. The van der Waals surface area contributed by atoms with Gasteiger partial charge in [0.15, 0.2) is 0 Å². The lowest BCUT2D eigenvalue weighted by molar-refractivity contribution is 0.662. The van der Waals surface area contributed by atoms with Gasteiger partial charge >= 0.3 is 0 Å². The zero-order chi connectivity index (χ0) is 12.0. The Kier molecular flexibility index (Phi) is 5.99. The van der Waals surface area contributed by atoms with E-state index >= 15 is 0 Å². The van der Waals surface area contributed by atoms with Crippen molar-refractivity contribution in [3.05, 3.63) is 23.9 Å². The zero-order valence-electron chi connectivity index (χ0n) is 10.1. The predicted octanol–water partition coefficient (Wildman–Crippen LogP) is 3.40. The number of nitrogens with zero attached hydrogens (tertiary/aromatic N) is 2. The molecule has 1 aromatic rings. The Morgan fingerprint density at radius 2 is 2.31 bits per heavy atom. The Balaban J connectivity index is 2.67. The van der Waals surface area contributed by atoms with Gasteiger partial charge in [-0.15, -0.1) is 11.6 Å². The van der Waals surface area contributed by atoms with Crippen LogP contribution >= 0.6 is 23.4 Å². The zero-order valence-corrected chi connectivity index (χ0v) is 11.7. The lowest BCUT2D eigenvalue weighted by Crippen LogP contribution is -2.30. The molecule has 1 heterocycles. The maximum absolute atomic E-state index is 5.82. The number of hydrogen-bond acceptors (Lipinski definition) is 3. The van der Waals surface area contributed by atoms with Crippen LogP contribution in [0.1, 0.15) is 18.9 Å². The van der Waals surface area contributed by atoms with Crippen LogP contribution in [0, 0.1) is 0 Å². The second-order valence-electron chi connectivity index (χ2n) is 3.90. The minimum absolute atomic E-state index is 0.505. The first kappa shape index (κ1) is 13.7. The van der Waals surface area contributed by atoms with Gasteiger partial charge in [0.1, 0.15) is 5.82 Å². The lowest BCUT2D eigenvalue weighted by Gasteiger charge is -2.26. The van der Waals surface area contributed by atoms with Gasteiger partial charge in [-0.05, 0) is 43.0 Å². The van der Waals surface area contributed by atoms with E-state index in [-0.39, 0.29) is 0 Å². The number of alkyl halides is 1. The third-order valence-electron chi connectivity index (χ3n) is 2.73. The summed E-state index contributed by atoms with van der Waals surface area (Å²) in [4.78, 5) is 6.59. The first-order valence-electron chi connectivity index (χ1n) is 5.41. The molecule has 0 bridgehead atoms. The Hall–Kier alpha value is -0.410. The van der Waals surface area contributed by atoms with E-state index in [4.69, 9.17) is 11.6 Å². The topological polar surface area (TPSA) is 16.1 Å². The smallest absolute Gasteiger partial charge is 0.128 e. The van der Waals surface area contributed by atoms with E-state index in [9.17, 15) is 0 Å². The SMILES string of the molecule is CSCCC(C)N(C)c1cc(CCl)ccn1. The van der Waals surface area contributed by atoms with Gasteiger partial charge in [-0.1, -0.05) is 0 Å². The van der Waals surface area contributed by atoms with Crippen molar-refractivity contribution in [2.45, 2.75) is 25.3 Å². The second-order valence-corrected chi connectivity index (χ2v) is 5.15. The molecule has 0 radical (unpaired) electrons. The highest BCUT2D eigenvalue weighted by molar-refractivity contribution is 7.98. The predicted molar refractivity (Wildman–Crippen MR) is 74.7 cm³/mol. The molecule has 4 heteroatoms. The molecule has 2 nitrogen and oxygen atoms in total. The third-order valence-corrected chi connectivity index (χ3v) is 3.68. The van der Waals surface area contributed by atoms with Crippen LogP contribution in [0.5, 0.6) is 0 Å². The van der Waals surface area contributed by atoms with E-state index in [0.29, 0.717) is 11.9 Å². The summed E-state index contributed by atoms with van der Waals surface area (Å²) in [6.45, 7) is 2.23. The van der Waals surface area contributed by atoms with E-state index in [1.165, 1.54) is 12.2 Å². The summed E-state index contributed by atoms with van der Waals surface area (Å²) >= 11 is 7.70. The van der Waals surface area contributed by atoms with Crippen molar-refractivity contribution in [2.75, 3.05) is 24.0 Å². The minimum atomic E-state index is 0.505. The van der Waals surface area contributed by atoms with Gasteiger partial charge in [0, 0.05) is 25.2 Å². The van der Waals surface area contributed by atoms with Crippen LogP contribution in [0.4, 0.5) is 5.82 Å². The molecule has 0 saturated heterocycles. The number of rotatable bonds is 6. The summed E-state index contributed by atoms with van der Waals surface area (Å²) in [5.74, 6) is 2.73. The van der Waals surface area contributed by atoms with Crippen LogP contribution in [-0.2, 0) is 5.88 Å². The van der Waals surface area contributed by atoms with Crippen LogP contribution in [0.15, 0.2) is 18.3 Å². The molecule has 1 atom stereocenters. The molecule has 0 saturated carbocycles. The van der Waals surface area contributed by atoms with Gasteiger partial charge in [0.2, 0.25) is 0 Å². The molecule has 0 aliphatic heterocycles. The van der Waals surface area contributed by atoms with Gasteiger partial charge in [-0.25, -0.2) is 4.98 Å². The summed E-state index contributed by atoms with van der Waals surface area (Å²) < 4.78 is 0. The van der Waals surface area contributed by atoms with Gasteiger partial charge < -0.3 is 4.90 Å². The molecule has 0 aliphatic carbocycles. The number of halogens is 1. The van der Waals surface area contributed by atoms with Gasteiger partial charge in [0.25, 0.3) is 0 Å². The Labute approximate surface area is 107 Å². The summed E-state index contributed by atoms with van der Waals surface area (Å²) in [5, 5.41) is 0. The normalized spacial score (nSPS) is 12.5.